The summed E-state index contributed by atoms with van der Waals surface area (Å²) in [4.78, 5) is 18.1. The number of guanidine groups is 1. The number of aliphatic imine (C=N–C) groups is 1. The van der Waals surface area contributed by atoms with Gasteiger partial charge in [-0.1, -0.05) is 44.2 Å². The van der Waals surface area contributed by atoms with Gasteiger partial charge in [0.15, 0.2) is 5.96 Å². The fourth-order valence-corrected chi connectivity index (χ4v) is 3.44. The van der Waals surface area contributed by atoms with Crippen molar-refractivity contribution in [1.29, 1.82) is 0 Å². The van der Waals surface area contributed by atoms with E-state index in [0.29, 0.717) is 12.6 Å². The SMILES string of the molecule is CN=C(NCC(C)(C)Cc1ccccc1)NC1CCN(CC(=O)NC)CC1. The van der Waals surface area contributed by atoms with Crippen LogP contribution >= 0.6 is 0 Å². The second-order valence-electron chi connectivity index (χ2n) is 8.12. The van der Waals surface area contributed by atoms with E-state index < -0.39 is 0 Å². The zero-order valence-electron chi connectivity index (χ0n) is 17.2. The van der Waals surface area contributed by atoms with E-state index in [0.717, 1.165) is 44.9 Å². The Hall–Kier alpha value is -2.08. The van der Waals surface area contributed by atoms with Crippen molar-refractivity contribution < 1.29 is 4.79 Å². The molecule has 1 saturated heterocycles. The highest BCUT2D eigenvalue weighted by Gasteiger charge is 2.23. The fraction of sp³-hybridized carbons (Fsp3) is 0.619. The van der Waals surface area contributed by atoms with E-state index in [1.165, 1.54) is 5.56 Å². The molecule has 0 spiro atoms. The first-order valence-electron chi connectivity index (χ1n) is 9.86. The quantitative estimate of drug-likeness (QED) is 0.502. The number of nitrogens with one attached hydrogen (secondary N) is 3. The van der Waals surface area contributed by atoms with Crippen LogP contribution in [0, 0.1) is 5.41 Å². The first-order valence-corrected chi connectivity index (χ1v) is 9.86. The number of piperidine rings is 1. The van der Waals surface area contributed by atoms with Crippen molar-refractivity contribution in [3.05, 3.63) is 35.9 Å². The van der Waals surface area contributed by atoms with Crippen LogP contribution in [0.25, 0.3) is 0 Å². The van der Waals surface area contributed by atoms with Gasteiger partial charge in [-0.3, -0.25) is 14.7 Å². The lowest BCUT2D eigenvalue weighted by atomic mass is 9.86. The van der Waals surface area contributed by atoms with Gasteiger partial charge in [0.2, 0.25) is 5.91 Å². The summed E-state index contributed by atoms with van der Waals surface area (Å²) in [5.41, 5.74) is 1.49. The maximum atomic E-state index is 11.5. The van der Waals surface area contributed by atoms with Crippen molar-refractivity contribution in [3.63, 3.8) is 0 Å². The molecule has 0 bridgehead atoms. The average Bonchev–Trinajstić information content (AvgIpc) is 2.66. The molecule has 1 amide bonds. The minimum Gasteiger partial charge on any atom is -0.358 e. The number of hydrogen-bond acceptors (Lipinski definition) is 3. The summed E-state index contributed by atoms with van der Waals surface area (Å²) in [6.45, 7) is 7.76. The standard InChI is InChI=1S/C21H35N5O/c1-21(2,14-17-8-6-5-7-9-17)16-24-20(23-4)25-18-10-12-26(13-11-18)15-19(27)22-3/h5-9,18H,10-16H2,1-4H3,(H,22,27)(H2,23,24,25). The largest absolute Gasteiger partial charge is 0.358 e. The Morgan fingerprint density at radius 3 is 2.48 bits per heavy atom. The Morgan fingerprint density at radius 1 is 1.22 bits per heavy atom. The van der Waals surface area contributed by atoms with Gasteiger partial charge in [-0.2, -0.15) is 0 Å². The third kappa shape index (κ3) is 7.59. The molecular weight excluding hydrogens is 338 g/mol. The molecule has 0 unspecified atom stereocenters. The highest BCUT2D eigenvalue weighted by atomic mass is 16.1. The van der Waals surface area contributed by atoms with Crippen molar-refractivity contribution >= 4 is 11.9 Å². The Labute approximate surface area is 163 Å². The van der Waals surface area contributed by atoms with Crippen LogP contribution in [-0.4, -0.2) is 63.1 Å². The number of rotatable bonds is 7. The first-order chi connectivity index (χ1) is 12.9. The maximum Gasteiger partial charge on any atom is 0.233 e. The molecule has 1 fully saturated rings. The minimum absolute atomic E-state index is 0.0829. The van der Waals surface area contributed by atoms with Gasteiger partial charge in [0, 0.05) is 39.8 Å². The van der Waals surface area contributed by atoms with Crippen LogP contribution < -0.4 is 16.0 Å². The van der Waals surface area contributed by atoms with E-state index in [-0.39, 0.29) is 11.3 Å². The summed E-state index contributed by atoms with van der Waals surface area (Å²) >= 11 is 0. The summed E-state index contributed by atoms with van der Waals surface area (Å²) in [5, 5.41) is 9.72. The molecule has 1 heterocycles. The second kappa shape index (κ2) is 10.3. The molecule has 1 aromatic rings. The maximum absolute atomic E-state index is 11.5. The summed E-state index contributed by atoms with van der Waals surface area (Å²) in [5.74, 6) is 0.945. The molecule has 2 rings (SSSR count). The molecule has 1 aliphatic rings. The van der Waals surface area contributed by atoms with Crippen molar-refractivity contribution in [3.8, 4) is 0 Å². The van der Waals surface area contributed by atoms with E-state index in [1.807, 2.05) is 7.05 Å². The lowest BCUT2D eigenvalue weighted by molar-refractivity contribution is -0.122. The molecule has 0 aromatic heterocycles. The van der Waals surface area contributed by atoms with Crippen molar-refractivity contribution in [2.45, 2.75) is 39.2 Å². The molecule has 6 heteroatoms. The first kappa shape index (κ1) is 21.2. The number of carbonyl (C=O) groups excluding carboxylic acids is 1. The molecule has 1 aliphatic heterocycles. The Kier molecular flexibility index (Phi) is 8.10. The molecule has 6 nitrogen and oxygen atoms in total. The van der Waals surface area contributed by atoms with E-state index in [1.54, 1.807) is 7.05 Å². The summed E-state index contributed by atoms with van der Waals surface area (Å²) in [6, 6.07) is 11.0. The monoisotopic (exact) mass is 373 g/mol. The molecule has 3 N–H and O–H groups in total. The number of carbonyl (C=O) groups is 1. The topological polar surface area (TPSA) is 68.8 Å². The summed E-state index contributed by atoms with van der Waals surface area (Å²) in [7, 11) is 3.51. The molecule has 27 heavy (non-hydrogen) atoms. The molecular formula is C21H35N5O. The lowest BCUT2D eigenvalue weighted by Crippen LogP contribution is -2.51. The van der Waals surface area contributed by atoms with Crippen molar-refractivity contribution in [2.75, 3.05) is 40.3 Å². The van der Waals surface area contributed by atoms with Crippen LogP contribution in [0.15, 0.2) is 35.3 Å². The van der Waals surface area contributed by atoms with Gasteiger partial charge >= 0.3 is 0 Å². The number of likely N-dealkylation sites (N-methyl/N-ethyl adjacent to an activating group) is 1. The number of amides is 1. The van der Waals surface area contributed by atoms with Gasteiger partial charge in [0.05, 0.1) is 6.54 Å². The average molecular weight is 374 g/mol. The van der Waals surface area contributed by atoms with Gasteiger partial charge in [-0.25, -0.2) is 0 Å². The van der Waals surface area contributed by atoms with E-state index in [4.69, 9.17) is 0 Å². The van der Waals surface area contributed by atoms with E-state index in [9.17, 15) is 4.79 Å². The predicted octanol–water partition coefficient (Wildman–Crippen LogP) is 1.63. The lowest BCUT2D eigenvalue weighted by Gasteiger charge is -2.33. The van der Waals surface area contributed by atoms with E-state index in [2.05, 4.69) is 70.0 Å². The zero-order chi connectivity index (χ0) is 19.7. The van der Waals surface area contributed by atoms with Crippen LogP contribution in [0.3, 0.4) is 0 Å². The summed E-state index contributed by atoms with van der Waals surface area (Å²) in [6.07, 6.45) is 3.06. The third-order valence-electron chi connectivity index (χ3n) is 5.06. The second-order valence-corrected chi connectivity index (χ2v) is 8.12. The molecule has 0 saturated carbocycles. The predicted molar refractivity (Wildman–Crippen MR) is 112 cm³/mol. The van der Waals surface area contributed by atoms with Crippen LogP contribution in [0.5, 0.6) is 0 Å². The minimum atomic E-state index is 0.0829. The van der Waals surface area contributed by atoms with Crippen LogP contribution in [-0.2, 0) is 11.2 Å². The van der Waals surface area contributed by atoms with Gasteiger partial charge in [-0.05, 0) is 30.2 Å². The number of hydrogen-bond donors (Lipinski definition) is 3. The molecule has 0 aliphatic carbocycles. The third-order valence-corrected chi connectivity index (χ3v) is 5.06. The molecule has 1 aromatic carbocycles. The number of benzene rings is 1. The van der Waals surface area contributed by atoms with Crippen LogP contribution in [0.4, 0.5) is 0 Å². The van der Waals surface area contributed by atoms with Crippen LogP contribution in [0.2, 0.25) is 0 Å². The van der Waals surface area contributed by atoms with Gasteiger partial charge < -0.3 is 16.0 Å². The van der Waals surface area contributed by atoms with E-state index >= 15 is 0 Å². The number of likely N-dealkylation sites (tertiary alicyclic amines) is 1. The Balaban J connectivity index is 1.75. The Bertz CT molecular complexity index is 606. The highest BCUT2D eigenvalue weighted by Crippen LogP contribution is 2.20. The van der Waals surface area contributed by atoms with Crippen molar-refractivity contribution in [2.24, 2.45) is 10.4 Å². The molecule has 150 valence electrons. The summed E-state index contributed by atoms with van der Waals surface area (Å²) < 4.78 is 0. The normalized spacial score (nSPS) is 16.8. The Morgan fingerprint density at radius 2 is 1.89 bits per heavy atom. The smallest absolute Gasteiger partial charge is 0.233 e. The number of nitrogens with zero attached hydrogens (tertiary/aromatic N) is 2. The molecule has 0 radical (unpaired) electrons. The van der Waals surface area contributed by atoms with Crippen LogP contribution in [0.1, 0.15) is 32.3 Å². The van der Waals surface area contributed by atoms with Crippen molar-refractivity contribution in [1.82, 2.24) is 20.9 Å². The van der Waals surface area contributed by atoms with Gasteiger partial charge in [-0.15, -0.1) is 0 Å². The van der Waals surface area contributed by atoms with Gasteiger partial charge in [0.1, 0.15) is 0 Å². The van der Waals surface area contributed by atoms with Gasteiger partial charge in [0.25, 0.3) is 0 Å². The molecule has 0 atom stereocenters. The zero-order valence-corrected chi connectivity index (χ0v) is 17.2. The highest BCUT2D eigenvalue weighted by molar-refractivity contribution is 5.80. The fourth-order valence-electron chi connectivity index (χ4n) is 3.44.